The van der Waals surface area contributed by atoms with E-state index in [1.54, 1.807) is 11.3 Å². The lowest BCUT2D eigenvalue weighted by Gasteiger charge is -2.47. The van der Waals surface area contributed by atoms with Crippen LogP contribution < -0.4 is 4.90 Å². The Balaban J connectivity index is 1.62. The van der Waals surface area contributed by atoms with E-state index in [1.807, 2.05) is 18.7 Å². The maximum atomic E-state index is 10.8. The first-order chi connectivity index (χ1) is 10.1. The predicted molar refractivity (Wildman–Crippen MR) is 84.9 cm³/mol. The van der Waals surface area contributed by atoms with Crippen LogP contribution in [0.25, 0.3) is 10.3 Å². The Morgan fingerprint density at radius 1 is 1.33 bits per heavy atom. The van der Waals surface area contributed by atoms with Gasteiger partial charge in [0, 0.05) is 26.1 Å². The van der Waals surface area contributed by atoms with Crippen LogP contribution in [0.3, 0.4) is 0 Å². The SMILES string of the molecule is Cc1nn(C)c2nc(N3CC[C@@]4(O)CCCC[C@H]4C3)sc12. The molecule has 2 aromatic heterocycles. The van der Waals surface area contributed by atoms with Gasteiger partial charge in [0.1, 0.15) is 0 Å². The van der Waals surface area contributed by atoms with Gasteiger partial charge >= 0.3 is 0 Å². The third-order valence-corrected chi connectivity index (χ3v) is 6.45. The lowest BCUT2D eigenvalue weighted by molar-refractivity contribution is -0.0612. The Bertz CT molecular complexity index is 644. The van der Waals surface area contributed by atoms with Crippen LogP contribution in [0, 0.1) is 12.8 Å². The molecule has 1 saturated carbocycles. The number of piperidine rings is 1. The first kappa shape index (κ1) is 13.5. The monoisotopic (exact) mass is 306 g/mol. The molecule has 1 N–H and O–H groups in total. The smallest absolute Gasteiger partial charge is 0.188 e. The minimum absolute atomic E-state index is 0.409. The van der Waals surface area contributed by atoms with E-state index in [-0.39, 0.29) is 0 Å². The van der Waals surface area contributed by atoms with Crippen LogP contribution in [0.5, 0.6) is 0 Å². The zero-order chi connectivity index (χ0) is 14.6. The molecule has 0 radical (unpaired) electrons. The normalized spacial score (nSPS) is 29.9. The van der Waals surface area contributed by atoms with E-state index in [1.165, 1.54) is 17.5 Å². The lowest BCUT2D eigenvalue weighted by Crippen LogP contribution is -2.53. The molecule has 1 saturated heterocycles. The summed E-state index contributed by atoms with van der Waals surface area (Å²) < 4.78 is 3.06. The van der Waals surface area contributed by atoms with Crippen molar-refractivity contribution in [1.82, 2.24) is 14.8 Å². The Morgan fingerprint density at radius 3 is 3.00 bits per heavy atom. The first-order valence-corrected chi connectivity index (χ1v) is 8.66. The summed E-state index contributed by atoms with van der Waals surface area (Å²) in [5.74, 6) is 0.409. The average molecular weight is 306 g/mol. The molecule has 4 rings (SSSR count). The third kappa shape index (κ3) is 2.07. The summed E-state index contributed by atoms with van der Waals surface area (Å²) in [5.41, 5.74) is 1.63. The molecule has 6 heteroatoms. The van der Waals surface area contributed by atoms with Gasteiger partial charge in [-0.2, -0.15) is 5.10 Å². The first-order valence-electron chi connectivity index (χ1n) is 7.84. The van der Waals surface area contributed by atoms with Crippen LogP contribution >= 0.6 is 11.3 Å². The highest BCUT2D eigenvalue weighted by Gasteiger charge is 2.43. The van der Waals surface area contributed by atoms with E-state index in [4.69, 9.17) is 4.98 Å². The highest BCUT2D eigenvalue weighted by molar-refractivity contribution is 7.22. The molecule has 1 aliphatic carbocycles. The third-order valence-electron chi connectivity index (χ3n) is 5.23. The van der Waals surface area contributed by atoms with Crippen LogP contribution in [0.15, 0.2) is 0 Å². The molecule has 0 amide bonds. The molecular formula is C15H22N4OS. The number of hydrogen-bond donors (Lipinski definition) is 1. The van der Waals surface area contributed by atoms with E-state index in [2.05, 4.69) is 10.00 Å². The second-order valence-corrected chi connectivity index (χ2v) is 7.58. The van der Waals surface area contributed by atoms with Crippen molar-refractivity contribution in [2.45, 2.75) is 44.6 Å². The fraction of sp³-hybridized carbons (Fsp3) is 0.733. The number of aromatic nitrogens is 3. The second-order valence-electron chi connectivity index (χ2n) is 6.60. The van der Waals surface area contributed by atoms with Gasteiger partial charge in [-0.05, 0) is 26.2 Å². The number of rotatable bonds is 1. The Morgan fingerprint density at radius 2 is 2.19 bits per heavy atom. The second kappa shape index (κ2) is 4.68. The Labute approximate surface area is 128 Å². The number of hydrogen-bond acceptors (Lipinski definition) is 5. The van der Waals surface area contributed by atoms with Crippen molar-refractivity contribution in [2.24, 2.45) is 13.0 Å². The largest absolute Gasteiger partial charge is 0.389 e. The van der Waals surface area contributed by atoms with Crippen LogP contribution in [0.4, 0.5) is 5.13 Å². The van der Waals surface area contributed by atoms with Crippen LogP contribution in [-0.2, 0) is 7.05 Å². The molecule has 2 atom stereocenters. The fourth-order valence-electron chi connectivity index (χ4n) is 3.95. The fourth-order valence-corrected chi connectivity index (χ4v) is 5.02. The van der Waals surface area contributed by atoms with E-state index in [0.717, 1.165) is 48.8 Å². The molecule has 0 spiro atoms. The number of anilines is 1. The summed E-state index contributed by atoms with van der Waals surface area (Å²) in [6.45, 7) is 3.91. The molecule has 2 fully saturated rings. The highest BCUT2D eigenvalue weighted by atomic mass is 32.1. The van der Waals surface area contributed by atoms with E-state index in [0.29, 0.717) is 5.92 Å². The van der Waals surface area contributed by atoms with E-state index >= 15 is 0 Å². The van der Waals surface area contributed by atoms with E-state index < -0.39 is 5.60 Å². The van der Waals surface area contributed by atoms with Crippen molar-refractivity contribution >= 4 is 26.8 Å². The zero-order valence-corrected chi connectivity index (χ0v) is 13.5. The van der Waals surface area contributed by atoms with Crippen molar-refractivity contribution < 1.29 is 5.11 Å². The topological polar surface area (TPSA) is 54.2 Å². The van der Waals surface area contributed by atoms with Gasteiger partial charge in [0.15, 0.2) is 10.8 Å². The summed E-state index contributed by atoms with van der Waals surface area (Å²) in [6, 6.07) is 0. The molecule has 0 bridgehead atoms. The highest BCUT2D eigenvalue weighted by Crippen LogP contribution is 2.42. The van der Waals surface area contributed by atoms with Gasteiger partial charge in [-0.1, -0.05) is 24.2 Å². The molecule has 0 aromatic carbocycles. The van der Waals surface area contributed by atoms with Crippen LogP contribution in [-0.4, -0.2) is 38.6 Å². The Kier molecular flexibility index (Phi) is 3.01. The van der Waals surface area contributed by atoms with Crippen LogP contribution in [0.1, 0.15) is 37.8 Å². The number of aryl methyl sites for hydroxylation is 2. The quantitative estimate of drug-likeness (QED) is 0.879. The van der Waals surface area contributed by atoms with Crippen molar-refractivity contribution in [1.29, 1.82) is 0 Å². The number of nitrogens with zero attached hydrogens (tertiary/aromatic N) is 4. The van der Waals surface area contributed by atoms with Gasteiger partial charge in [-0.3, -0.25) is 0 Å². The maximum absolute atomic E-state index is 10.8. The predicted octanol–water partition coefficient (Wildman–Crippen LogP) is 2.47. The molecule has 2 aromatic rings. The summed E-state index contributed by atoms with van der Waals surface area (Å²) in [6.07, 6.45) is 5.44. The van der Waals surface area contributed by atoms with Crippen molar-refractivity contribution in [3.05, 3.63) is 5.69 Å². The average Bonchev–Trinajstić information content (AvgIpc) is 3.00. The summed E-state index contributed by atoms with van der Waals surface area (Å²) in [5, 5.41) is 16.3. The number of thiazole rings is 1. The molecule has 5 nitrogen and oxygen atoms in total. The summed E-state index contributed by atoms with van der Waals surface area (Å²) >= 11 is 1.74. The van der Waals surface area contributed by atoms with Crippen molar-refractivity contribution in [3.8, 4) is 0 Å². The van der Waals surface area contributed by atoms with Crippen LogP contribution in [0.2, 0.25) is 0 Å². The minimum Gasteiger partial charge on any atom is -0.389 e. The van der Waals surface area contributed by atoms with Gasteiger partial charge in [0.2, 0.25) is 0 Å². The summed E-state index contributed by atoms with van der Waals surface area (Å²) in [7, 11) is 1.95. The Hall–Kier alpha value is -1.14. The molecule has 114 valence electrons. The molecule has 2 aliphatic rings. The van der Waals surface area contributed by atoms with Crippen molar-refractivity contribution in [2.75, 3.05) is 18.0 Å². The molecule has 3 heterocycles. The number of aliphatic hydroxyl groups is 1. The van der Waals surface area contributed by atoms with E-state index in [9.17, 15) is 5.11 Å². The van der Waals surface area contributed by atoms with Gasteiger partial charge in [-0.15, -0.1) is 0 Å². The van der Waals surface area contributed by atoms with Crippen molar-refractivity contribution in [3.63, 3.8) is 0 Å². The molecule has 1 aliphatic heterocycles. The zero-order valence-electron chi connectivity index (χ0n) is 12.7. The molecular weight excluding hydrogens is 284 g/mol. The maximum Gasteiger partial charge on any atom is 0.188 e. The molecule has 0 unspecified atom stereocenters. The lowest BCUT2D eigenvalue weighted by atomic mass is 9.71. The standard InChI is InChI=1S/C15H22N4OS/c1-10-12-13(18(2)17-10)16-14(21-12)19-8-7-15(20)6-4-3-5-11(15)9-19/h11,20H,3-9H2,1-2H3/t11-,15-/m0/s1. The summed E-state index contributed by atoms with van der Waals surface area (Å²) in [4.78, 5) is 7.15. The van der Waals surface area contributed by atoms with Gasteiger partial charge < -0.3 is 10.0 Å². The van der Waals surface area contributed by atoms with Gasteiger partial charge in [0.05, 0.1) is 16.0 Å². The minimum atomic E-state index is -0.414. The number of fused-ring (bicyclic) bond motifs is 2. The van der Waals surface area contributed by atoms with Gasteiger partial charge in [-0.25, -0.2) is 9.67 Å². The molecule has 21 heavy (non-hydrogen) atoms. The van der Waals surface area contributed by atoms with Gasteiger partial charge in [0.25, 0.3) is 0 Å².